The molecule has 10 heteroatoms. The van der Waals surface area contributed by atoms with Gasteiger partial charge in [-0.2, -0.15) is 0 Å². The van der Waals surface area contributed by atoms with Gasteiger partial charge in [0, 0.05) is 12.8 Å². The lowest BCUT2D eigenvalue weighted by atomic mass is 10.0. The highest BCUT2D eigenvalue weighted by molar-refractivity contribution is 7.45. The summed E-state index contributed by atoms with van der Waals surface area (Å²) < 4.78 is 34.4. The second-order valence-electron chi connectivity index (χ2n) is 28.8. The highest BCUT2D eigenvalue weighted by atomic mass is 31.2. The summed E-state index contributed by atoms with van der Waals surface area (Å²) in [6, 6.07) is 0. The Hall–Kier alpha value is -1.51. The Kier molecular flexibility index (Phi) is 70.6. The van der Waals surface area contributed by atoms with E-state index < -0.39 is 26.5 Å². The third-order valence-corrected chi connectivity index (χ3v) is 19.4. The van der Waals surface area contributed by atoms with E-state index in [1.807, 2.05) is 21.1 Å². The highest BCUT2D eigenvalue weighted by Gasteiger charge is 2.22. The fourth-order valence-corrected chi connectivity index (χ4v) is 13.0. The van der Waals surface area contributed by atoms with Gasteiger partial charge in [-0.3, -0.25) is 14.2 Å². The maximum absolute atomic E-state index is 12.9. The predicted octanol–water partition coefficient (Wildman–Crippen LogP) is 25.8. The molecule has 0 aromatic rings. The molecule has 0 heterocycles. The van der Waals surface area contributed by atoms with Crippen molar-refractivity contribution in [1.82, 2.24) is 0 Å². The molecule has 2 unspecified atom stereocenters. The van der Waals surface area contributed by atoms with E-state index in [1.54, 1.807) is 0 Å². The Morgan fingerprint density at radius 1 is 0.333 bits per heavy atom. The standard InChI is InChI=1S/C80H156NO8P/c1-6-8-10-12-14-16-18-20-22-24-26-28-30-32-34-36-37-38-39-40-41-42-43-45-47-49-51-53-55-57-59-61-63-65-67-69-71-73-80(83)89-78(77-88-90(84,85)87-75-74-81(3,4)5)76-86-79(82)72-70-68-66-64-62-60-58-56-54-52-50-48-46-44-35-33-31-29-27-25-23-21-19-17-15-13-11-9-7-2/h24-27,78H,6-23,28-77H2,1-5H3/b26-24-,27-25-. The van der Waals surface area contributed by atoms with Crippen molar-refractivity contribution in [1.29, 1.82) is 0 Å². The number of hydrogen-bond donors (Lipinski definition) is 0. The van der Waals surface area contributed by atoms with Crippen LogP contribution < -0.4 is 4.89 Å². The molecule has 0 aliphatic carbocycles. The van der Waals surface area contributed by atoms with Crippen molar-refractivity contribution in [2.24, 2.45) is 0 Å². The second-order valence-corrected chi connectivity index (χ2v) is 30.2. The number of rotatable bonds is 76. The van der Waals surface area contributed by atoms with Crippen LogP contribution in [0.5, 0.6) is 0 Å². The quantitative estimate of drug-likeness (QED) is 0.0195. The lowest BCUT2D eigenvalue weighted by molar-refractivity contribution is -0.870. The number of ether oxygens (including phenoxy) is 2. The monoisotopic (exact) mass is 1290 g/mol. The first-order valence-electron chi connectivity index (χ1n) is 40.0. The average molecular weight is 1290 g/mol. The number of quaternary nitrogens is 1. The van der Waals surface area contributed by atoms with Crippen molar-refractivity contribution < 1.29 is 42.1 Å². The summed E-state index contributed by atoms with van der Waals surface area (Å²) >= 11 is 0. The number of phosphoric acid groups is 1. The van der Waals surface area contributed by atoms with Gasteiger partial charge in [-0.25, -0.2) is 0 Å². The van der Waals surface area contributed by atoms with Crippen LogP contribution in [0, 0.1) is 0 Å². The number of phosphoric ester groups is 1. The Morgan fingerprint density at radius 2 is 0.567 bits per heavy atom. The summed E-state index contributed by atoms with van der Waals surface area (Å²) in [7, 11) is 1.19. The number of nitrogens with zero attached hydrogens (tertiary/aromatic N) is 1. The fourth-order valence-electron chi connectivity index (χ4n) is 12.3. The summed E-state index contributed by atoms with van der Waals surface area (Å²) in [4.78, 5) is 38.2. The van der Waals surface area contributed by atoms with Crippen molar-refractivity contribution in [3.05, 3.63) is 24.3 Å². The van der Waals surface area contributed by atoms with Gasteiger partial charge in [-0.15, -0.1) is 0 Å². The number of hydrogen-bond acceptors (Lipinski definition) is 8. The Morgan fingerprint density at radius 3 is 0.822 bits per heavy atom. The van der Waals surface area contributed by atoms with Crippen LogP contribution in [0.2, 0.25) is 0 Å². The third-order valence-electron chi connectivity index (χ3n) is 18.4. The largest absolute Gasteiger partial charge is 0.756 e. The predicted molar refractivity (Wildman–Crippen MR) is 388 cm³/mol. The zero-order chi connectivity index (χ0) is 65.5. The van der Waals surface area contributed by atoms with E-state index in [9.17, 15) is 19.0 Å². The minimum absolute atomic E-state index is 0.0265. The number of carbonyl (C=O) groups is 2. The van der Waals surface area contributed by atoms with Crippen LogP contribution in [-0.4, -0.2) is 70.0 Å². The van der Waals surface area contributed by atoms with Gasteiger partial charge in [-0.1, -0.05) is 372 Å². The summed E-state index contributed by atoms with van der Waals surface area (Å²) in [6.45, 7) is 4.33. The van der Waals surface area contributed by atoms with E-state index in [4.69, 9.17) is 18.5 Å². The molecule has 0 aliphatic heterocycles. The van der Waals surface area contributed by atoms with E-state index in [0.717, 1.165) is 32.1 Å². The first kappa shape index (κ1) is 88.5. The molecule has 0 aliphatic rings. The number of esters is 2. The van der Waals surface area contributed by atoms with Gasteiger partial charge < -0.3 is 27.9 Å². The first-order chi connectivity index (χ1) is 44.0. The number of carbonyl (C=O) groups excluding carboxylic acids is 2. The van der Waals surface area contributed by atoms with Gasteiger partial charge in [0.1, 0.15) is 19.8 Å². The molecule has 9 nitrogen and oxygen atoms in total. The van der Waals surface area contributed by atoms with Gasteiger partial charge in [0.05, 0.1) is 27.7 Å². The van der Waals surface area contributed by atoms with Gasteiger partial charge in [0.2, 0.25) is 0 Å². The van der Waals surface area contributed by atoms with Crippen LogP contribution in [0.4, 0.5) is 0 Å². The van der Waals surface area contributed by atoms with Crippen LogP contribution in [0.1, 0.15) is 425 Å². The zero-order valence-corrected chi connectivity index (χ0v) is 62.0. The van der Waals surface area contributed by atoms with Crippen molar-refractivity contribution in [3.63, 3.8) is 0 Å². The molecule has 0 saturated carbocycles. The highest BCUT2D eigenvalue weighted by Crippen LogP contribution is 2.38. The summed E-state index contributed by atoms with van der Waals surface area (Å²) in [5.74, 6) is -0.806. The number of unbranched alkanes of at least 4 members (excludes halogenated alkanes) is 58. The number of likely N-dealkylation sites (N-methyl/N-ethyl adjacent to an activating group) is 1. The first-order valence-corrected chi connectivity index (χ1v) is 41.5. The summed E-state index contributed by atoms with van der Waals surface area (Å²) in [5.41, 5.74) is 0. The van der Waals surface area contributed by atoms with Gasteiger partial charge in [0.25, 0.3) is 7.82 Å². The Labute approximate surface area is 561 Å². The van der Waals surface area contributed by atoms with Crippen LogP contribution in [0.15, 0.2) is 24.3 Å². The molecule has 534 valence electrons. The minimum atomic E-state index is -4.64. The molecule has 90 heavy (non-hydrogen) atoms. The molecule has 0 bridgehead atoms. The third kappa shape index (κ3) is 75.5. The second kappa shape index (κ2) is 71.8. The van der Waals surface area contributed by atoms with Crippen molar-refractivity contribution >= 4 is 19.8 Å². The van der Waals surface area contributed by atoms with Crippen molar-refractivity contribution in [3.8, 4) is 0 Å². The van der Waals surface area contributed by atoms with Gasteiger partial charge in [-0.05, 0) is 64.2 Å². The average Bonchev–Trinajstić information content (AvgIpc) is 3.58. The van der Waals surface area contributed by atoms with Crippen LogP contribution in [-0.2, 0) is 32.7 Å². The maximum Gasteiger partial charge on any atom is 0.306 e. The SMILES string of the molecule is CCCCCCCCCC/C=C\CCCCCCCCCCCCCCCCCCCCCCCCCCCC(=O)OC(COC(=O)CCCCCCCCCCCCCCCCCCC/C=C\CCCCCCCCCC)COP(=O)([O-])OCC[N+](C)(C)C. The van der Waals surface area contributed by atoms with E-state index in [0.29, 0.717) is 17.4 Å². The summed E-state index contributed by atoms with van der Waals surface area (Å²) in [5, 5.41) is 0. The molecule has 0 saturated heterocycles. The van der Waals surface area contributed by atoms with E-state index in [2.05, 4.69) is 38.2 Å². The van der Waals surface area contributed by atoms with E-state index in [1.165, 1.54) is 360 Å². The molecule has 0 amide bonds. The Bertz CT molecular complexity index is 1560. The van der Waals surface area contributed by atoms with Crippen LogP contribution in [0.3, 0.4) is 0 Å². The molecule has 0 rings (SSSR count). The zero-order valence-electron chi connectivity index (χ0n) is 61.1. The Balaban J connectivity index is 3.90. The summed E-state index contributed by atoms with van der Waals surface area (Å²) in [6.07, 6.45) is 91.7. The lowest BCUT2D eigenvalue weighted by Crippen LogP contribution is -2.37. The molecule has 0 N–H and O–H groups in total. The molecule has 0 spiro atoms. The van der Waals surface area contributed by atoms with E-state index in [-0.39, 0.29) is 32.0 Å². The molecular formula is C80H156NO8P. The molecule has 0 aromatic carbocycles. The van der Waals surface area contributed by atoms with Crippen molar-refractivity contribution in [2.45, 2.75) is 431 Å². The van der Waals surface area contributed by atoms with Gasteiger partial charge in [0.15, 0.2) is 6.10 Å². The smallest absolute Gasteiger partial charge is 0.306 e. The molecule has 0 fully saturated rings. The maximum atomic E-state index is 12.9. The fraction of sp³-hybridized carbons (Fsp3) is 0.925. The van der Waals surface area contributed by atoms with E-state index >= 15 is 0 Å². The molecular weight excluding hydrogens is 1130 g/mol. The van der Waals surface area contributed by atoms with Crippen LogP contribution >= 0.6 is 7.82 Å². The lowest BCUT2D eigenvalue weighted by Gasteiger charge is -2.28. The minimum Gasteiger partial charge on any atom is -0.756 e. The molecule has 0 radical (unpaired) electrons. The van der Waals surface area contributed by atoms with Crippen LogP contribution in [0.25, 0.3) is 0 Å². The van der Waals surface area contributed by atoms with Crippen molar-refractivity contribution in [2.75, 3.05) is 47.5 Å². The molecule has 0 aromatic heterocycles. The molecule has 2 atom stereocenters. The topological polar surface area (TPSA) is 111 Å². The normalized spacial score (nSPS) is 13.1. The number of allylic oxidation sites excluding steroid dienone is 4. The van der Waals surface area contributed by atoms with Gasteiger partial charge >= 0.3 is 11.9 Å².